The SMILES string of the molecule is C#CC(CCC)NC(=O)N1CCC[C@H]1C(=O)O. The number of rotatable bonds is 4. The molecule has 94 valence electrons. The molecule has 0 spiro atoms. The van der Waals surface area contributed by atoms with E-state index in [0.717, 1.165) is 12.8 Å². The number of carboxylic acid groups (broad SMARTS) is 1. The third-order valence-corrected chi connectivity index (χ3v) is 2.87. The number of carbonyl (C=O) groups excluding carboxylic acids is 1. The van der Waals surface area contributed by atoms with Crippen molar-refractivity contribution in [1.82, 2.24) is 10.2 Å². The molecular weight excluding hydrogens is 220 g/mol. The molecule has 0 radical (unpaired) electrons. The summed E-state index contributed by atoms with van der Waals surface area (Å²) in [6, 6.07) is -1.40. The lowest BCUT2D eigenvalue weighted by molar-refractivity contribution is -0.141. The number of urea groups is 1. The van der Waals surface area contributed by atoms with Crippen molar-refractivity contribution in [3.05, 3.63) is 0 Å². The van der Waals surface area contributed by atoms with Crippen molar-refractivity contribution in [3.63, 3.8) is 0 Å². The van der Waals surface area contributed by atoms with Gasteiger partial charge in [0.2, 0.25) is 0 Å². The average Bonchev–Trinajstić information content (AvgIpc) is 2.77. The highest BCUT2D eigenvalue weighted by Gasteiger charge is 2.34. The Morgan fingerprint density at radius 3 is 2.88 bits per heavy atom. The molecule has 1 aliphatic heterocycles. The summed E-state index contributed by atoms with van der Waals surface area (Å²) in [4.78, 5) is 24.1. The van der Waals surface area contributed by atoms with Gasteiger partial charge in [0.15, 0.2) is 0 Å². The summed E-state index contributed by atoms with van der Waals surface area (Å²) in [5, 5.41) is 11.6. The Balaban J connectivity index is 2.57. The maximum Gasteiger partial charge on any atom is 0.326 e. The highest BCUT2D eigenvalue weighted by Crippen LogP contribution is 2.17. The van der Waals surface area contributed by atoms with Crippen LogP contribution >= 0.6 is 0 Å². The highest BCUT2D eigenvalue weighted by atomic mass is 16.4. The second-order valence-corrected chi connectivity index (χ2v) is 4.15. The second kappa shape index (κ2) is 6.14. The van der Waals surface area contributed by atoms with E-state index in [2.05, 4.69) is 11.2 Å². The van der Waals surface area contributed by atoms with Gasteiger partial charge in [0, 0.05) is 6.54 Å². The van der Waals surface area contributed by atoms with Gasteiger partial charge in [0.1, 0.15) is 6.04 Å². The fraction of sp³-hybridized carbons (Fsp3) is 0.667. The van der Waals surface area contributed by atoms with Gasteiger partial charge in [0.25, 0.3) is 0 Å². The summed E-state index contributed by atoms with van der Waals surface area (Å²) in [6.45, 7) is 2.46. The minimum atomic E-state index is -0.953. The Bertz CT molecular complexity index is 335. The summed E-state index contributed by atoms with van der Waals surface area (Å²) in [5.74, 6) is 1.54. The highest BCUT2D eigenvalue weighted by molar-refractivity contribution is 5.83. The fourth-order valence-corrected chi connectivity index (χ4v) is 1.98. The van der Waals surface area contributed by atoms with E-state index in [1.165, 1.54) is 4.90 Å². The number of terminal acetylenes is 1. The van der Waals surface area contributed by atoms with E-state index in [0.29, 0.717) is 19.4 Å². The van der Waals surface area contributed by atoms with Crippen LogP contribution in [0.25, 0.3) is 0 Å². The van der Waals surface area contributed by atoms with Crippen molar-refractivity contribution < 1.29 is 14.7 Å². The van der Waals surface area contributed by atoms with E-state index in [4.69, 9.17) is 11.5 Å². The second-order valence-electron chi connectivity index (χ2n) is 4.15. The summed E-state index contributed by atoms with van der Waals surface area (Å²) >= 11 is 0. The topological polar surface area (TPSA) is 69.6 Å². The molecule has 1 rings (SSSR count). The molecule has 0 aromatic heterocycles. The van der Waals surface area contributed by atoms with Crippen LogP contribution in [0.1, 0.15) is 32.6 Å². The van der Waals surface area contributed by atoms with Gasteiger partial charge in [-0.05, 0) is 19.3 Å². The Kier molecular flexibility index (Phi) is 4.83. The van der Waals surface area contributed by atoms with Crippen molar-refractivity contribution in [2.24, 2.45) is 0 Å². The van der Waals surface area contributed by atoms with Crippen LogP contribution in [-0.2, 0) is 4.79 Å². The number of hydrogen-bond acceptors (Lipinski definition) is 2. The molecule has 2 atom stereocenters. The van der Waals surface area contributed by atoms with Crippen molar-refractivity contribution in [1.29, 1.82) is 0 Å². The van der Waals surface area contributed by atoms with Crippen LogP contribution in [0.4, 0.5) is 4.79 Å². The van der Waals surface area contributed by atoms with E-state index in [-0.39, 0.29) is 12.1 Å². The first kappa shape index (κ1) is 13.4. The van der Waals surface area contributed by atoms with E-state index in [9.17, 15) is 9.59 Å². The number of amides is 2. The van der Waals surface area contributed by atoms with Crippen LogP contribution in [-0.4, -0.2) is 40.6 Å². The van der Waals surface area contributed by atoms with E-state index in [1.54, 1.807) is 0 Å². The Labute approximate surface area is 101 Å². The fourth-order valence-electron chi connectivity index (χ4n) is 1.98. The maximum absolute atomic E-state index is 11.9. The standard InChI is InChI=1S/C12H18N2O3/c1-3-6-9(4-2)13-12(17)14-8-5-7-10(14)11(15)16/h2,9-10H,3,5-8H2,1H3,(H,13,17)(H,15,16)/t9?,10-/m0/s1. The van der Waals surface area contributed by atoms with Crippen molar-refractivity contribution in [3.8, 4) is 12.3 Å². The number of carboxylic acids is 1. The van der Waals surface area contributed by atoms with Gasteiger partial charge in [0.05, 0.1) is 6.04 Å². The molecule has 0 aromatic rings. The minimum Gasteiger partial charge on any atom is -0.480 e. The third kappa shape index (κ3) is 3.38. The lowest BCUT2D eigenvalue weighted by Gasteiger charge is -2.23. The molecule has 0 saturated carbocycles. The molecule has 1 saturated heterocycles. The number of nitrogens with one attached hydrogen (secondary N) is 1. The molecule has 2 N–H and O–H groups in total. The first-order chi connectivity index (χ1) is 8.10. The Hall–Kier alpha value is -1.70. The summed E-state index contributed by atoms with van der Waals surface area (Å²) in [7, 11) is 0. The number of hydrogen-bond donors (Lipinski definition) is 2. The van der Waals surface area contributed by atoms with Gasteiger partial charge in [-0.15, -0.1) is 6.42 Å². The molecule has 0 aromatic carbocycles. The van der Waals surface area contributed by atoms with Gasteiger partial charge in [-0.1, -0.05) is 19.3 Å². The summed E-state index contributed by atoms with van der Waals surface area (Å²) < 4.78 is 0. The Morgan fingerprint density at radius 1 is 1.65 bits per heavy atom. The number of likely N-dealkylation sites (tertiary alicyclic amines) is 1. The van der Waals surface area contributed by atoms with E-state index >= 15 is 0 Å². The normalized spacial score (nSPS) is 20.7. The first-order valence-corrected chi connectivity index (χ1v) is 5.86. The van der Waals surface area contributed by atoms with Crippen LogP contribution in [0.2, 0.25) is 0 Å². The molecular formula is C12H18N2O3. The predicted octanol–water partition coefficient (Wildman–Crippen LogP) is 1.05. The predicted molar refractivity (Wildman–Crippen MR) is 63.4 cm³/mol. The zero-order chi connectivity index (χ0) is 12.8. The zero-order valence-electron chi connectivity index (χ0n) is 9.98. The number of carbonyl (C=O) groups is 2. The van der Waals surface area contributed by atoms with E-state index in [1.807, 2.05) is 6.92 Å². The smallest absolute Gasteiger partial charge is 0.326 e. The molecule has 1 aliphatic rings. The average molecular weight is 238 g/mol. The quantitative estimate of drug-likeness (QED) is 0.719. The van der Waals surface area contributed by atoms with Gasteiger partial charge in [-0.3, -0.25) is 0 Å². The molecule has 5 nitrogen and oxygen atoms in total. The lowest BCUT2D eigenvalue weighted by atomic mass is 10.2. The molecule has 0 bridgehead atoms. The Morgan fingerprint density at radius 2 is 2.35 bits per heavy atom. The van der Waals surface area contributed by atoms with Crippen LogP contribution in [0.15, 0.2) is 0 Å². The van der Waals surface area contributed by atoms with Gasteiger partial charge in [-0.25, -0.2) is 9.59 Å². The maximum atomic E-state index is 11.9. The zero-order valence-corrected chi connectivity index (χ0v) is 9.98. The van der Waals surface area contributed by atoms with Crippen molar-refractivity contribution in [2.75, 3.05) is 6.54 Å². The van der Waals surface area contributed by atoms with Gasteiger partial charge < -0.3 is 15.3 Å². The molecule has 1 heterocycles. The molecule has 5 heteroatoms. The molecule has 17 heavy (non-hydrogen) atoms. The number of nitrogens with zero attached hydrogens (tertiary/aromatic N) is 1. The molecule has 1 fully saturated rings. The van der Waals surface area contributed by atoms with Crippen LogP contribution in [0, 0.1) is 12.3 Å². The minimum absolute atomic E-state index is 0.317. The van der Waals surface area contributed by atoms with Crippen LogP contribution < -0.4 is 5.32 Å². The monoisotopic (exact) mass is 238 g/mol. The van der Waals surface area contributed by atoms with Crippen molar-refractivity contribution >= 4 is 12.0 Å². The lowest BCUT2D eigenvalue weighted by Crippen LogP contribution is -2.48. The van der Waals surface area contributed by atoms with Gasteiger partial charge in [-0.2, -0.15) is 0 Å². The third-order valence-electron chi connectivity index (χ3n) is 2.87. The molecule has 1 unspecified atom stereocenters. The molecule has 2 amide bonds. The van der Waals surface area contributed by atoms with Crippen molar-refractivity contribution in [2.45, 2.75) is 44.7 Å². The molecule has 0 aliphatic carbocycles. The number of aliphatic carboxylic acids is 1. The van der Waals surface area contributed by atoms with Crippen LogP contribution in [0.3, 0.4) is 0 Å². The van der Waals surface area contributed by atoms with Crippen LogP contribution in [0.5, 0.6) is 0 Å². The van der Waals surface area contributed by atoms with E-state index < -0.39 is 12.0 Å². The summed E-state index contributed by atoms with van der Waals surface area (Å²) in [6.07, 6.45) is 8.11. The summed E-state index contributed by atoms with van der Waals surface area (Å²) in [5.41, 5.74) is 0. The largest absolute Gasteiger partial charge is 0.480 e. The first-order valence-electron chi connectivity index (χ1n) is 5.86. The van der Waals surface area contributed by atoms with Gasteiger partial charge >= 0.3 is 12.0 Å².